The number of halogens is 3. The normalized spacial score (nSPS) is 20.8. The highest BCUT2D eigenvalue weighted by Gasteiger charge is 2.21. The van der Waals surface area contributed by atoms with Crippen LogP contribution in [0.5, 0.6) is 5.75 Å². The van der Waals surface area contributed by atoms with Gasteiger partial charge in [-0.2, -0.15) is 8.78 Å². The third kappa shape index (κ3) is 7.43. The predicted octanol–water partition coefficient (Wildman–Crippen LogP) is 6.58. The van der Waals surface area contributed by atoms with Crippen LogP contribution in [-0.2, 0) is 6.42 Å². The number of hydrogen-bond acceptors (Lipinski definition) is 1. The number of rotatable bonds is 10. The van der Waals surface area contributed by atoms with Gasteiger partial charge in [0.1, 0.15) is 0 Å². The second-order valence-electron chi connectivity index (χ2n) is 7.42. The first-order chi connectivity index (χ1) is 12.1. The minimum atomic E-state index is -2.99. The van der Waals surface area contributed by atoms with Crippen LogP contribution in [0.15, 0.2) is 18.2 Å². The molecule has 1 heterocycles. The molecule has 1 aromatic rings. The van der Waals surface area contributed by atoms with E-state index in [1.165, 1.54) is 62.7 Å². The standard InChI is InChI=1S/C20H31F3OSi/c1-2-3-12-25-13-10-16(11-14-25)6-4-5-7-17-8-9-19(18(21)15-17)24-20(22)23/h8-9,15-16,20,25H,2-7,10-14H2,1H3. The average molecular weight is 373 g/mol. The van der Waals surface area contributed by atoms with Gasteiger partial charge in [0.2, 0.25) is 0 Å². The van der Waals surface area contributed by atoms with Gasteiger partial charge in [-0.05, 0) is 36.5 Å². The molecule has 0 atom stereocenters. The summed E-state index contributed by atoms with van der Waals surface area (Å²) in [5.41, 5.74) is 0.856. The van der Waals surface area contributed by atoms with E-state index in [0.717, 1.165) is 24.3 Å². The Bertz CT molecular complexity index is 502. The first-order valence-corrected chi connectivity index (χ1v) is 12.3. The molecule has 1 saturated heterocycles. The Kier molecular flexibility index (Phi) is 8.86. The largest absolute Gasteiger partial charge is 0.432 e. The van der Waals surface area contributed by atoms with Gasteiger partial charge in [-0.1, -0.05) is 69.6 Å². The molecule has 1 fully saturated rings. The van der Waals surface area contributed by atoms with Gasteiger partial charge in [0.25, 0.3) is 0 Å². The highest BCUT2D eigenvalue weighted by molar-refractivity contribution is 6.58. The van der Waals surface area contributed by atoms with Crippen LogP contribution in [-0.4, -0.2) is 15.4 Å². The Hall–Kier alpha value is -0.973. The molecule has 0 aliphatic carbocycles. The molecule has 0 N–H and O–H groups in total. The van der Waals surface area contributed by atoms with Gasteiger partial charge >= 0.3 is 6.61 Å². The van der Waals surface area contributed by atoms with E-state index in [-0.39, 0.29) is 5.75 Å². The third-order valence-corrected chi connectivity index (χ3v) is 9.00. The van der Waals surface area contributed by atoms with E-state index < -0.39 is 21.2 Å². The van der Waals surface area contributed by atoms with Crippen LogP contribution in [0.2, 0.25) is 18.1 Å². The Morgan fingerprint density at radius 3 is 2.56 bits per heavy atom. The van der Waals surface area contributed by atoms with Crippen molar-refractivity contribution in [3.8, 4) is 5.75 Å². The SMILES string of the molecule is CCCC[SiH]1CCC(CCCCc2ccc(OC(F)F)c(F)c2)CC1. The molecule has 2 rings (SSSR count). The van der Waals surface area contributed by atoms with Crippen molar-refractivity contribution in [3.05, 3.63) is 29.6 Å². The Balaban J connectivity index is 1.62. The molecule has 0 radical (unpaired) electrons. The molecule has 0 bridgehead atoms. The summed E-state index contributed by atoms with van der Waals surface area (Å²) >= 11 is 0. The zero-order chi connectivity index (χ0) is 18.1. The Morgan fingerprint density at radius 2 is 1.92 bits per heavy atom. The smallest absolute Gasteiger partial charge is 0.387 e. The van der Waals surface area contributed by atoms with Crippen molar-refractivity contribution in [3.63, 3.8) is 0 Å². The molecule has 25 heavy (non-hydrogen) atoms. The van der Waals surface area contributed by atoms with Crippen LogP contribution in [0.3, 0.4) is 0 Å². The summed E-state index contributed by atoms with van der Waals surface area (Å²) in [7, 11) is -0.401. The van der Waals surface area contributed by atoms with E-state index >= 15 is 0 Å². The van der Waals surface area contributed by atoms with Gasteiger partial charge in [0.05, 0.1) is 0 Å². The van der Waals surface area contributed by atoms with Crippen molar-refractivity contribution in [2.75, 3.05) is 0 Å². The second-order valence-corrected chi connectivity index (χ2v) is 10.9. The lowest BCUT2D eigenvalue weighted by Crippen LogP contribution is -2.21. The second kappa shape index (κ2) is 10.9. The summed E-state index contributed by atoms with van der Waals surface area (Å²) in [4.78, 5) is 0. The van der Waals surface area contributed by atoms with Crippen LogP contribution in [0.4, 0.5) is 13.2 Å². The van der Waals surface area contributed by atoms with E-state index in [0.29, 0.717) is 0 Å². The maximum absolute atomic E-state index is 13.7. The molecule has 5 heteroatoms. The fourth-order valence-corrected chi connectivity index (χ4v) is 7.69. The van der Waals surface area contributed by atoms with Gasteiger partial charge in [0, 0.05) is 8.80 Å². The van der Waals surface area contributed by atoms with Crippen molar-refractivity contribution >= 4 is 8.80 Å². The minimum absolute atomic E-state index is 0.372. The summed E-state index contributed by atoms with van der Waals surface area (Å²) < 4.78 is 42.1. The summed E-state index contributed by atoms with van der Waals surface area (Å²) in [6.45, 7) is -0.703. The number of benzene rings is 1. The van der Waals surface area contributed by atoms with Gasteiger partial charge < -0.3 is 4.74 Å². The van der Waals surface area contributed by atoms with Crippen molar-refractivity contribution in [1.82, 2.24) is 0 Å². The molecule has 1 aromatic carbocycles. The summed E-state index contributed by atoms with van der Waals surface area (Å²) in [5, 5.41) is 0. The lowest BCUT2D eigenvalue weighted by Gasteiger charge is -2.27. The number of aryl methyl sites for hydroxylation is 1. The lowest BCUT2D eigenvalue weighted by atomic mass is 9.95. The average Bonchev–Trinajstić information content (AvgIpc) is 2.60. The molecule has 142 valence electrons. The molecular formula is C20H31F3OSi. The highest BCUT2D eigenvalue weighted by atomic mass is 28.3. The predicted molar refractivity (Wildman–Crippen MR) is 99.8 cm³/mol. The molecule has 1 aliphatic rings. The van der Waals surface area contributed by atoms with Gasteiger partial charge in [-0.25, -0.2) is 4.39 Å². The van der Waals surface area contributed by atoms with E-state index in [2.05, 4.69) is 11.7 Å². The number of alkyl halides is 2. The Labute approximate surface area is 151 Å². The van der Waals surface area contributed by atoms with Crippen LogP contribution in [0.1, 0.15) is 57.4 Å². The molecular weight excluding hydrogens is 341 g/mol. The summed E-state index contributed by atoms with van der Waals surface area (Å²) in [5.74, 6) is -0.181. The van der Waals surface area contributed by atoms with Crippen molar-refractivity contribution in [2.24, 2.45) is 5.92 Å². The number of ether oxygens (including phenoxy) is 1. The molecule has 0 aromatic heterocycles. The molecule has 0 amide bonds. The van der Waals surface area contributed by atoms with Crippen LogP contribution >= 0.6 is 0 Å². The number of unbranched alkanes of at least 4 members (excludes halogenated alkanes) is 2. The molecule has 1 aliphatic heterocycles. The van der Waals surface area contributed by atoms with Gasteiger partial charge in [0.15, 0.2) is 11.6 Å². The highest BCUT2D eigenvalue weighted by Crippen LogP contribution is 2.31. The van der Waals surface area contributed by atoms with Crippen molar-refractivity contribution < 1.29 is 17.9 Å². The fraction of sp³-hybridized carbons (Fsp3) is 0.700. The van der Waals surface area contributed by atoms with E-state index in [1.807, 2.05) is 0 Å². The van der Waals surface area contributed by atoms with Crippen molar-refractivity contribution in [1.29, 1.82) is 0 Å². The topological polar surface area (TPSA) is 9.23 Å². The van der Waals surface area contributed by atoms with Crippen molar-refractivity contribution in [2.45, 2.75) is 83.0 Å². The first-order valence-electron chi connectivity index (χ1n) is 9.81. The van der Waals surface area contributed by atoms with Crippen LogP contribution in [0, 0.1) is 11.7 Å². The first kappa shape index (κ1) is 20.3. The molecule has 0 saturated carbocycles. The maximum atomic E-state index is 13.7. The monoisotopic (exact) mass is 372 g/mol. The van der Waals surface area contributed by atoms with Crippen LogP contribution in [0.25, 0.3) is 0 Å². The van der Waals surface area contributed by atoms with E-state index in [4.69, 9.17) is 0 Å². The summed E-state index contributed by atoms with van der Waals surface area (Å²) in [6.07, 6.45) is 9.90. The fourth-order valence-electron chi connectivity index (χ4n) is 3.96. The maximum Gasteiger partial charge on any atom is 0.387 e. The minimum Gasteiger partial charge on any atom is -0.432 e. The lowest BCUT2D eigenvalue weighted by molar-refractivity contribution is -0.0522. The quantitative estimate of drug-likeness (QED) is 0.333. The molecule has 0 unspecified atom stereocenters. The van der Waals surface area contributed by atoms with E-state index in [9.17, 15) is 13.2 Å². The molecule has 1 nitrogen and oxygen atoms in total. The zero-order valence-corrected chi connectivity index (χ0v) is 16.4. The zero-order valence-electron chi connectivity index (χ0n) is 15.3. The van der Waals surface area contributed by atoms with Gasteiger partial charge in [-0.3, -0.25) is 0 Å². The summed E-state index contributed by atoms with van der Waals surface area (Å²) in [6, 6.07) is 8.91. The van der Waals surface area contributed by atoms with E-state index in [1.54, 1.807) is 12.1 Å². The van der Waals surface area contributed by atoms with Gasteiger partial charge in [-0.15, -0.1) is 0 Å². The number of hydrogen-bond donors (Lipinski definition) is 0. The third-order valence-electron chi connectivity index (χ3n) is 5.47. The molecule has 0 spiro atoms. The van der Waals surface area contributed by atoms with Crippen LogP contribution < -0.4 is 4.74 Å². The Morgan fingerprint density at radius 1 is 1.16 bits per heavy atom.